The first-order chi connectivity index (χ1) is 7.22. The number of nitriles is 1. The molecule has 1 fully saturated rings. The average molecular weight is 204 g/mol. The van der Waals surface area contributed by atoms with E-state index >= 15 is 0 Å². The average Bonchev–Trinajstić information content (AvgIpc) is 3.00. The van der Waals surface area contributed by atoms with Crippen LogP contribution in [0.25, 0.3) is 0 Å². The lowest BCUT2D eigenvalue weighted by molar-refractivity contribution is 0.442. The van der Waals surface area contributed by atoms with Gasteiger partial charge in [0.1, 0.15) is 5.82 Å². The Hall–Kier alpha value is -1.40. The van der Waals surface area contributed by atoms with Crippen LogP contribution in [0.4, 0.5) is 4.39 Å². The van der Waals surface area contributed by atoms with Gasteiger partial charge in [-0.3, -0.25) is 0 Å². The second-order valence-electron chi connectivity index (χ2n) is 4.04. The van der Waals surface area contributed by atoms with Gasteiger partial charge in [-0.25, -0.2) is 4.39 Å². The smallest absolute Gasteiger partial charge is 0.123 e. The highest BCUT2D eigenvalue weighted by Crippen LogP contribution is 2.54. The van der Waals surface area contributed by atoms with Gasteiger partial charge in [-0.15, -0.1) is 0 Å². The molecule has 0 bridgehead atoms. The monoisotopic (exact) mass is 204 g/mol. The minimum Gasteiger partial charge on any atom is -0.312 e. The largest absolute Gasteiger partial charge is 0.312 e. The lowest BCUT2D eigenvalue weighted by atomic mass is 9.91. The summed E-state index contributed by atoms with van der Waals surface area (Å²) in [4.78, 5) is 0. The fourth-order valence-corrected chi connectivity index (χ4v) is 2.05. The molecule has 1 aliphatic rings. The molecule has 1 atom stereocenters. The number of nitrogens with one attached hydrogen (secondary N) is 1. The predicted molar refractivity (Wildman–Crippen MR) is 55.5 cm³/mol. The van der Waals surface area contributed by atoms with Crippen LogP contribution in [0.1, 0.15) is 24.4 Å². The van der Waals surface area contributed by atoms with E-state index in [2.05, 4.69) is 11.4 Å². The van der Waals surface area contributed by atoms with Crippen molar-refractivity contribution >= 4 is 0 Å². The summed E-state index contributed by atoms with van der Waals surface area (Å²) in [6.45, 7) is 0. The second kappa shape index (κ2) is 3.63. The fourth-order valence-electron chi connectivity index (χ4n) is 2.05. The molecule has 2 rings (SSSR count). The summed E-state index contributed by atoms with van der Waals surface area (Å²) in [5.41, 5.74) is 0.541. The van der Waals surface area contributed by atoms with Gasteiger partial charge in [-0.05, 0) is 37.6 Å². The van der Waals surface area contributed by atoms with Crippen molar-refractivity contribution in [2.24, 2.45) is 5.41 Å². The van der Waals surface area contributed by atoms with Crippen LogP contribution >= 0.6 is 0 Å². The molecule has 1 aliphatic carbocycles. The van der Waals surface area contributed by atoms with Crippen LogP contribution < -0.4 is 5.32 Å². The van der Waals surface area contributed by atoms with Gasteiger partial charge in [-0.1, -0.05) is 12.1 Å². The highest BCUT2D eigenvalue weighted by molar-refractivity contribution is 5.29. The van der Waals surface area contributed by atoms with Crippen molar-refractivity contribution in [3.8, 4) is 6.07 Å². The van der Waals surface area contributed by atoms with Gasteiger partial charge in [0.25, 0.3) is 0 Å². The molecule has 1 aromatic rings. The van der Waals surface area contributed by atoms with Crippen LogP contribution in [0, 0.1) is 22.6 Å². The van der Waals surface area contributed by atoms with E-state index in [1.165, 1.54) is 12.1 Å². The molecule has 15 heavy (non-hydrogen) atoms. The van der Waals surface area contributed by atoms with Crippen LogP contribution in [-0.4, -0.2) is 7.05 Å². The number of benzene rings is 1. The third kappa shape index (κ3) is 1.73. The minimum absolute atomic E-state index is 0.0572. The first-order valence-electron chi connectivity index (χ1n) is 5.06. The van der Waals surface area contributed by atoms with Crippen molar-refractivity contribution in [1.29, 1.82) is 5.26 Å². The van der Waals surface area contributed by atoms with Crippen LogP contribution in [0.3, 0.4) is 0 Å². The van der Waals surface area contributed by atoms with E-state index in [-0.39, 0.29) is 17.3 Å². The molecule has 0 amide bonds. The quantitative estimate of drug-likeness (QED) is 0.820. The Morgan fingerprint density at radius 3 is 2.73 bits per heavy atom. The molecule has 0 aromatic heterocycles. The van der Waals surface area contributed by atoms with Crippen molar-refractivity contribution in [1.82, 2.24) is 5.32 Å². The maximum Gasteiger partial charge on any atom is 0.123 e. The number of hydrogen-bond donors (Lipinski definition) is 1. The molecule has 0 heterocycles. The molecular weight excluding hydrogens is 191 g/mol. The standard InChI is InChI=1S/C12H13FN2/c1-15-11(12(8-14)5-6-12)9-3-2-4-10(13)7-9/h2-4,7,11,15H,5-6H2,1H3. The summed E-state index contributed by atoms with van der Waals surface area (Å²) in [6.07, 6.45) is 1.79. The Morgan fingerprint density at radius 1 is 1.53 bits per heavy atom. The molecule has 0 spiro atoms. The highest BCUT2D eigenvalue weighted by Gasteiger charge is 2.50. The summed E-state index contributed by atoms with van der Waals surface area (Å²) in [6, 6.07) is 8.74. The number of hydrogen-bond acceptors (Lipinski definition) is 2. The normalized spacial score (nSPS) is 19.3. The number of nitrogens with zero attached hydrogens (tertiary/aromatic N) is 1. The van der Waals surface area contributed by atoms with Gasteiger partial charge in [-0.2, -0.15) is 5.26 Å². The first-order valence-corrected chi connectivity index (χ1v) is 5.06. The van der Waals surface area contributed by atoms with Gasteiger partial charge in [0.15, 0.2) is 0 Å². The zero-order chi connectivity index (χ0) is 10.9. The second-order valence-corrected chi connectivity index (χ2v) is 4.04. The van der Waals surface area contributed by atoms with Crippen molar-refractivity contribution in [2.45, 2.75) is 18.9 Å². The molecule has 0 aliphatic heterocycles. The fraction of sp³-hybridized carbons (Fsp3) is 0.417. The lowest BCUT2D eigenvalue weighted by Gasteiger charge is -2.21. The molecule has 3 heteroatoms. The van der Waals surface area contributed by atoms with Crippen LogP contribution in [0.5, 0.6) is 0 Å². The summed E-state index contributed by atoms with van der Waals surface area (Å²) in [5.74, 6) is -0.249. The Labute approximate surface area is 88.7 Å². The van der Waals surface area contributed by atoms with Gasteiger partial charge in [0.2, 0.25) is 0 Å². The number of halogens is 1. The van der Waals surface area contributed by atoms with Crippen LogP contribution in [0.15, 0.2) is 24.3 Å². The van der Waals surface area contributed by atoms with Gasteiger partial charge in [0.05, 0.1) is 17.5 Å². The highest BCUT2D eigenvalue weighted by atomic mass is 19.1. The molecule has 2 nitrogen and oxygen atoms in total. The van der Waals surface area contributed by atoms with Gasteiger partial charge >= 0.3 is 0 Å². The summed E-state index contributed by atoms with van der Waals surface area (Å²) < 4.78 is 13.1. The summed E-state index contributed by atoms with van der Waals surface area (Å²) in [5, 5.41) is 12.2. The van der Waals surface area contributed by atoms with E-state index < -0.39 is 0 Å². The lowest BCUT2D eigenvalue weighted by Crippen LogP contribution is -2.25. The summed E-state index contributed by atoms with van der Waals surface area (Å²) >= 11 is 0. The van der Waals surface area contributed by atoms with E-state index in [4.69, 9.17) is 5.26 Å². The van der Waals surface area contributed by atoms with E-state index in [1.54, 1.807) is 6.07 Å². The maximum atomic E-state index is 13.1. The van der Waals surface area contributed by atoms with Crippen molar-refractivity contribution in [2.75, 3.05) is 7.05 Å². The Bertz CT molecular complexity index is 404. The van der Waals surface area contributed by atoms with Crippen LogP contribution in [-0.2, 0) is 0 Å². The maximum absolute atomic E-state index is 13.1. The molecule has 78 valence electrons. The van der Waals surface area contributed by atoms with Crippen molar-refractivity contribution < 1.29 is 4.39 Å². The predicted octanol–water partition coefficient (Wildman–Crippen LogP) is 2.39. The van der Waals surface area contributed by atoms with Gasteiger partial charge in [0, 0.05) is 0 Å². The van der Waals surface area contributed by atoms with Crippen molar-refractivity contribution in [3.63, 3.8) is 0 Å². The molecule has 0 saturated heterocycles. The third-order valence-corrected chi connectivity index (χ3v) is 3.03. The topological polar surface area (TPSA) is 35.8 Å². The Balaban J connectivity index is 2.32. The van der Waals surface area contributed by atoms with Crippen molar-refractivity contribution in [3.05, 3.63) is 35.6 Å². The van der Waals surface area contributed by atoms with E-state index in [0.717, 1.165) is 18.4 Å². The number of rotatable bonds is 3. The van der Waals surface area contributed by atoms with Gasteiger partial charge < -0.3 is 5.32 Å². The zero-order valence-corrected chi connectivity index (χ0v) is 8.63. The van der Waals surface area contributed by atoms with E-state index in [1.807, 2.05) is 13.1 Å². The zero-order valence-electron chi connectivity index (χ0n) is 8.63. The Kier molecular flexibility index (Phi) is 2.45. The summed E-state index contributed by atoms with van der Waals surface area (Å²) in [7, 11) is 1.81. The first kappa shape index (κ1) is 10.1. The van der Waals surface area contributed by atoms with E-state index in [0.29, 0.717) is 0 Å². The molecular formula is C12H13FN2. The SMILES string of the molecule is CNC(c1cccc(F)c1)C1(C#N)CC1. The van der Waals surface area contributed by atoms with Crippen LogP contribution in [0.2, 0.25) is 0 Å². The third-order valence-electron chi connectivity index (χ3n) is 3.03. The molecule has 1 unspecified atom stereocenters. The minimum atomic E-state index is -0.317. The molecule has 0 radical (unpaired) electrons. The Morgan fingerprint density at radius 2 is 2.27 bits per heavy atom. The molecule has 1 aromatic carbocycles. The van der Waals surface area contributed by atoms with E-state index in [9.17, 15) is 4.39 Å². The molecule has 1 saturated carbocycles. The molecule has 1 N–H and O–H groups in total.